The van der Waals surface area contributed by atoms with Crippen LogP contribution in [0, 0.1) is 12.8 Å². The van der Waals surface area contributed by atoms with E-state index in [1.807, 2.05) is 18.0 Å². The van der Waals surface area contributed by atoms with Crippen molar-refractivity contribution in [3.05, 3.63) is 54.2 Å². The molecule has 1 saturated heterocycles. The van der Waals surface area contributed by atoms with Gasteiger partial charge in [-0.05, 0) is 91.5 Å². The van der Waals surface area contributed by atoms with Gasteiger partial charge in [0.2, 0.25) is 0 Å². The van der Waals surface area contributed by atoms with Crippen LogP contribution in [0.2, 0.25) is 0 Å². The van der Waals surface area contributed by atoms with Crippen LogP contribution in [0.1, 0.15) is 25.3 Å². The smallest absolute Gasteiger partial charge is 0.143 e. The molecule has 1 aliphatic heterocycles. The lowest BCUT2D eigenvalue weighted by molar-refractivity contribution is 0.122. The van der Waals surface area contributed by atoms with Gasteiger partial charge < -0.3 is 19.7 Å². The number of nitrogens with zero attached hydrogens (tertiary/aromatic N) is 2. The number of nitrogens with one attached hydrogen (secondary N) is 1. The molecule has 0 atom stereocenters. The first-order valence-corrected chi connectivity index (χ1v) is 13.2. The molecule has 0 unspecified atom stereocenters. The zero-order valence-corrected chi connectivity index (χ0v) is 20.8. The van der Waals surface area contributed by atoms with E-state index in [1.54, 1.807) is 0 Å². The molecular formula is C28H33N3O2S. The Morgan fingerprint density at radius 1 is 1.18 bits per heavy atom. The second-order valence-electron chi connectivity index (χ2n) is 9.18. The summed E-state index contributed by atoms with van der Waals surface area (Å²) >= 11 is 1.87. The Hall–Kier alpha value is -2.54. The van der Waals surface area contributed by atoms with Crippen LogP contribution in [0.4, 0.5) is 0 Å². The van der Waals surface area contributed by atoms with Crippen molar-refractivity contribution in [2.45, 2.75) is 31.6 Å². The second kappa shape index (κ2) is 10.4. The summed E-state index contributed by atoms with van der Waals surface area (Å²) in [4.78, 5) is 11.9. The van der Waals surface area contributed by atoms with Gasteiger partial charge in [-0.1, -0.05) is 19.1 Å². The van der Waals surface area contributed by atoms with Gasteiger partial charge in [0.15, 0.2) is 0 Å². The van der Waals surface area contributed by atoms with Gasteiger partial charge in [0.25, 0.3) is 0 Å². The fourth-order valence-electron chi connectivity index (χ4n) is 4.97. The highest BCUT2D eigenvalue weighted by molar-refractivity contribution is 7.99. The molecule has 0 amide bonds. The van der Waals surface area contributed by atoms with Crippen molar-refractivity contribution in [2.24, 2.45) is 5.92 Å². The number of aryl methyl sites for hydroxylation is 1. The number of thioether (sulfide) groups is 1. The van der Waals surface area contributed by atoms with Crippen LogP contribution in [0.15, 0.2) is 53.6 Å². The number of pyridine rings is 1. The Bertz CT molecular complexity index is 1280. The molecule has 0 radical (unpaired) electrons. The largest absolute Gasteiger partial charge is 0.491 e. The minimum absolute atomic E-state index is 0.236. The standard InChI is InChI=1S/C28H33N3O2S/c1-3-34-22-6-4-5-21(16-22)23-7-8-25(33-18-20-9-11-31(12-10-20)13-14-32)27-26(23)24-15-19(2)17-29-28(24)30-27/h4-8,15-17,20,32H,3,9-14,18H2,1-2H3,(H,29,30). The summed E-state index contributed by atoms with van der Waals surface area (Å²) in [5.41, 5.74) is 5.49. The van der Waals surface area contributed by atoms with Gasteiger partial charge in [-0.2, -0.15) is 0 Å². The van der Waals surface area contributed by atoms with Crippen LogP contribution in [0.3, 0.4) is 0 Å². The van der Waals surface area contributed by atoms with Crippen LogP contribution in [-0.4, -0.2) is 58.6 Å². The Morgan fingerprint density at radius 2 is 2.03 bits per heavy atom. The summed E-state index contributed by atoms with van der Waals surface area (Å²) < 4.78 is 6.44. The SMILES string of the molecule is CCSc1cccc(-c2ccc(OCC3CCN(CCO)CC3)c3[nH]c4ncc(C)cc4c23)c1. The Kier molecular flexibility index (Phi) is 7.09. The van der Waals surface area contributed by atoms with E-state index >= 15 is 0 Å². The molecule has 0 saturated carbocycles. The summed E-state index contributed by atoms with van der Waals surface area (Å²) in [5, 5.41) is 11.5. The molecule has 2 N–H and O–H groups in total. The maximum absolute atomic E-state index is 9.18. The number of hydrogen-bond acceptors (Lipinski definition) is 5. The first-order valence-electron chi connectivity index (χ1n) is 12.3. The Morgan fingerprint density at radius 3 is 2.82 bits per heavy atom. The fraction of sp³-hybridized carbons (Fsp3) is 0.393. The van der Waals surface area contributed by atoms with Crippen molar-refractivity contribution < 1.29 is 9.84 Å². The normalized spacial score (nSPS) is 15.4. The quantitative estimate of drug-likeness (QED) is 0.311. The molecular weight excluding hydrogens is 442 g/mol. The summed E-state index contributed by atoms with van der Waals surface area (Å²) in [6.45, 7) is 8.06. The first kappa shape index (κ1) is 23.2. The van der Waals surface area contributed by atoms with Gasteiger partial charge in [-0.3, -0.25) is 0 Å². The van der Waals surface area contributed by atoms with E-state index in [1.165, 1.54) is 21.4 Å². The third-order valence-corrected chi connectivity index (χ3v) is 7.63. The molecule has 4 aromatic rings. The number of aromatic amines is 1. The van der Waals surface area contributed by atoms with Crippen molar-refractivity contribution in [3.63, 3.8) is 0 Å². The van der Waals surface area contributed by atoms with E-state index in [-0.39, 0.29) is 6.61 Å². The van der Waals surface area contributed by atoms with Gasteiger partial charge in [0.1, 0.15) is 11.4 Å². The number of likely N-dealkylation sites (tertiary alicyclic amines) is 1. The van der Waals surface area contributed by atoms with E-state index in [9.17, 15) is 5.11 Å². The molecule has 5 rings (SSSR count). The number of aliphatic hydroxyl groups excluding tert-OH is 1. The van der Waals surface area contributed by atoms with Crippen LogP contribution in [0.5, 0.6) is 5.75 Å². The van der Waals surface area contributed by atoms with Crippen molar-refractivity contribution in [1.82, 2.24) is 14.9 Å². The van der Waals surface area contributed by atoms with Crippen molar-refractivity contribution >= 4 is 33.7 Å². The number of aromatic nitrogens is 2. The number of H-pyrrole nitrogens is 1. The number of aliphatic hydroxyl groups is 1. The van der Waals surface area contributed by atoms with Gasteiger partial charge in [-0.25, -0.2) is 4.98 Å². The zero-order chi connectivity index (χ0) is 23.5. The predicted molar refractivity (Wildman–Crippen MR) is 142 cm³/mol. The van der Waals surface area contributed by atoms with Crippen LogP contribution in [0.25, 0.3) is 33.1 Å². The molecule has 0 aliphatic carbocycles. The van der Waals surface area contributed by atoms with Gasteiger partial charge in [-0.15, -0.1) is 11.8 Å². The third kappa shape index (κ3) is 4.81. The lowest BCUT2D eigenvalue weighted by Crippen LogP contribution is -2.37. The maximum Gasteiger partial charge on any atom is 0.143 e. The molecule has 34 heavy (non-hydrogen) atoms. The van der Waals surface area contributed by atoms with Crippen molar-refractivity contribution in [3.8, 4) is 16.9 Å². The molecule has 2 aromatic heterocycles. The summed E-state index contributed by atoms with van der Waals surface area (Å²) in [5.74, 6) is 2.49. The highest BCUT2D eigenvalue weighted by Gasteiger charge is 2.21. The number of benzene rings is 2. The van der Waals surface area contributed by atoms with Gasteiger partial charge in [0.05, 0.1) is 18.7 Å². The first-order chi connectivity index (χ1) is 16.7. The van der Waals surface area contributed by atoms with Gasteiger partial charge in [0, 0.05) is 28.4 Å². The average molecular weight is 476 g/mol. The molecule has 178 valence electrons. The predicted octanol–water partition coefficient (Wildman–Crippen LogP) is 5.89. The van der Waals surface area contributed by atoms with Crippen molar-refractivity contribution in [1.29, 1.82) is 0 Å². The highest BCUT2D eigenvalue weighted by Crippen LogP contribution is 2.40. The van der Waals surface area contributed by atoms with Gasteiger partial charge >= 0.3 is 0 Å². The lowest BCUT2D eigenvalue weighted by atomic mass is 9.97. The monoisotopic (exact) mass is 475 g/mol. The molecule has 3 heterocycles. The number of ether oxygens (including phenoxy) is 1. The second-order valence-corrected chi connectivity index (χ2v) is 10.5. The minimum Gasteiger partial charge on any atom is -0.491 e. The van der Waals surface area contributed by atoms with E-state index in [0.29, 0.717) is 12.5 Å². The van der Waals surface area contributed by atoms with E-state index < -0.39 is 0 Å². The molecule has 0 spiro atoms. The number of piperidine rings is 1. The van der Waals surface area contributed by atoms with Crippen LogP contribution in [-0.2, 0) is 0 Å². The zero-order valence-electron chi connectivity index (χ0n) is 20.0. The number of fused-ring (bicyclic) bond motifs is 3. The molecule has 6 heteroatoms. The molecule has 1 aliphatic rings. The summed E-state index contributed by atoms with van der Waals surface area (Å²) in [6, 6.07) is 15.3. The highest BCUT2D eigenvalue weighted by atomic mass is 32.2. The minimum atomic E-state index is 0.236. The summed E-state index contributed by atoms with van der Waals surface area (Å²) in [7, 11) is 0. The number of β-amino-alcohol motifs (C(OH)–C–C–N with tert-alkyl or cyclic N) is 1. The molecule has 5 nitrogen and oxygen atoms in total. The molecule has 2 aromatic carbocycles. The molecule has 1 fully saturated rings. The average Bonchev–Trinajstić information content (AvgIpc) is 3.23. The Labute approximate surface area is 205 Å². The summed E-state index contributed by atoms with van der Waals surface area (Å²) in [6.07, 6.45) is 4.13. The number of hydrogen-bond donors (Lipinski definition) is 2. The van der Waals surface area contributed by atoms with Crippen LogP contribution < -0.4 is 4.74 Å². The maximum atomic E-state index is 9.18. The lowest BCUT2D eigenvalue weighted by Gasteiger charge is -2.31. The van der Waals surface area contributed by atoms with E-state index in [4.69, 9.17) is 4.74 Å². The third-order valence-electron chi connectivity index (χ3n) is 6.76. The molecule has 0 bridgehead atoms. The fourth-order valence-corrected chi connectivity index (χ4v) is 5.69. The van der Waals surface area contributed by atoms with Crippen LogP contribution >= 0.6 is 11.8 Å². The van der Waals surface area contributed by atoms with E-state index in [0.717, 1.165) is 66.1 Å². The van der Waals surface area contributed by atoms with E-state index in [2.05, 4.69) is 71.2 Å². The van der Waals surface area contributed by atoms with Crippen molar-refractivity contribution in [2.75, 3.05) is 38.6 Å². The number of rotatable bonds is 8. The topological polar surface area (TPSA) is 61.4 Å². The Balaban J connectivity index is 1.49.